The van der Waals surface area contributed by atoms with E-state index in [1.165, 1.54) is 24.1 Å². The minimum absolute atomic E-state index is 0. The molecule has 0 saturated heterocycles. The molecular weight excluding hydrogens is 470 g/mol. The summed E-state index contributed by atoms with van der Waals surface area (Å²) in [5.74, 6) is -0.278. The van der Waals surface area contributed by atoms with E-state index in [0.717, 1.165) is 0 Å². The molecule has 1 aromatic heterocycles. The number of nitro groups is 1. The first-order valence-corrected chi connectivity index (χ1v) is 9.84. The number of aliphatic hydroxyl groups is 1. The Morgan fingerprint density at radius 1 is 1.72 bits per heavy atom. The topological polar surface area (TPSA) is 125 Å². The Morgan fingerprint density at radius 3 is 2.72 bits per heavy atom. The SMILES string of the molecule is COCC(O)Cn1ccnc1[N+](=O)[O-].N.[Cl][Pt][Cl]. The zero-order valence-corrected chi connectivity index (χ0v) is 13.2. The monoisotopic (exact) mass is 483 g/mol. The molecule has 0 saturated carbocycles. The Labute approximate surface area is 120 Å². The molecule has 0 amide bonds. The van der Waals surface area contributed by atoms with Crippen LogP contribution in [0.15, 0.2) is 12.4 Å². The standard InChI is InChI=1S/C7H11N3O4.2ClH.H3N.Pt/c1-14-5-6(11)4-9-3-2-8-7(9)10(12)13;;;;/h2-3,6,11H,4-5H2,1H3;2*1H;1H3;/q;;;;+2/p-2. The summed E-state index contributed by atoms with van der Waals surface area (Å²) in [6, 6.07) is 0. The fourth-order valence-corrected chi connectivity index (χ4v) is 1.09. The van der Waals surface area contributed by atoms with Gasteiger partial charge in [0.25, 0.3) is 0 Å². The Kier molecular flexibility index (Phi) is 13.2. The molecule has 4 N–H and O–H groups in total. The molecule has 0 aliphatic rings. The molecule has 0 fully saturated rings. The minimum atomic E-state index is -0.770. The van der Waals surface area contributed by atoms with Crippen molar-refractivity contribution in [3.8, 4) is 0 Å². The number of nitrogens with zero attached hydrogens (tertiary/aromatic N) is 3. The summed E-state index contributed by atoms with van der Waals surface area (Å²) in [5.41, 5.74) is 0. The summed E-state index contributed by atoms with van der Waals surface area (Å²) in [6.45, 7) is 0.236. The fraction of sp³-hybridized carbons (Fsp3) is 0.571. The summed E-state index contributed by atoms with van der Waals surface area (Å²) < 4.78 is 5.97. The third kappa shape index (κ3) is 7.97. The van der Waals surface area contributed by atoms with Crippen LogP contribution in [-0.2, 0) is 27.8 Å². The number of rotatable bonds is 5. The van der Waals surface area contributed by atoms with Gasteiger partial charge in [0.2, 0.25) is 0 Å². The van der Waals surface area contributed by atoms with Gasteiger partial charge in [0, 0.05) is 7.11 Å². The summed E-state index contributed by atoms with van der Waals surface area (Å²) in [4.78, 5) is 13.4. The average Bonchev–Trinajstić information content (AvgIpc) is 2.67. The van der Waals surface area contributed by atoms with Gasteiger partial charge in [-0.1, -0.05) is 4.98 Å². The van der Waals surface area contributed by atoms with E-state index in [0.29, 0.717) is 0 Å². The quantitative estimate of drug-likeness (QED) is 0.480. The van der Waals surface area contributed by atoms with Crippen molar-refractivity contribution in [3.05, 3.63) is 22.5 Å². The second kappa shape index (κ2) is 11.8. The number of ether oxygens (including phenoxy) is 1. The molecule has 0 radical (unpaired) electrons. The predicted octanol–water partition coefficient (Wildman–Crippen LogP) is 1.34. The van der Waals surface area contributed by atoms with Gasteiger partial charge in [-0.2, -0.15) is 0 Å². The third-order valence-corrected chi connectivity index (χ3v) is 1.62. The van der Waals surface area contributed by atoms with Gasteiger partial charge in [-0.05, 0) is 4.92 Å². The molecule has 0 aliphatic carbocycles. The second-order valence-corrected chi connectivity index (χ2v) is 6.07. The first-order valence-electron chi connectivity index (χ1n) is 4.21. The van der Waals surface area contributed by atoms with Gasteiger partial charge in [-0.15, -0.1) is 0 Å². The number of aromatic nitrogens is 2. The molecule has 0 spiro atoms. The van der Waals surface area contributed by atoms with E-state index in [9.17, 15) is 15.2 Å². The molecule has 1 rings (SSSR count). The second-order valence-electron chi connectivity index (χ2n) is 2.79. The van der Waals surface area contributed by atoms with Gasteiger partial charge in [-0.3, -0.25) is 0 Å². The molecule has 18 heavy (non-hydrogen) atoms. The van der Waals surface area contributed by atoms with E-state index in [-0.39, 0.29) is 25.3 Å². The number of hydrogen-bond donors (Lipinski definition) is 2. The van der Waals surface area contributed by atoms with Crippen molar-refractivity contribution < 1.29 is 31.2 Å². The van der Waals surface area contributed by atoms with Crippen LogP contribution >= 0.6 is 18.8 Å². The van der Waals surface area contributed by atoms with Gasteiger partial charge in [0.15, 0.2) is 0 Å². The van der Waals surface area contributed by atoms with Gasteiger partial charge >= 0.3 is 41.3 Å². The van der Waals surface area contributed by atoms with Crippen LogP contribution in [0.25, 0.3) is 0 Å². The number of hydrogen-bond acceptors (Lipinski definition) is 6. The zero-order chi connectivity index (χ0) is 13.3. The van der Waals surface area contributed by atoms with E-state index in [4.69, 9.17) is 23.6 Å². The van der Waals surface area contributed by atoms with Crippen molar-refractivity contribution in [2.75, 3.05) is 13.7 Å². The Bertz CT molecular complexity index is 341. The average molecular weight is 484 g/mol. The van der Waals surface area contributed by atoms with Crippen molar-refractivity contribution in [1.29, 1.82) is 0 Å². The van der Waals surface area contributed by atoms with Gasteiger partial charge in [0.1, 0.15) is 18.5 Å². The zero-order valence-electron chi connectivity index (χ0n) is 9.44. The number of methoxy groups -OCH3 is 1. The molecular formula is C7H14Cl2N4O4Pt. The molecule has 110 valence electrons. The molecule has 1 aromatic rings. The van der Waals surface area contributed by atoms with Crippen LogP contribution in [0.5, 0.6) is 0 Å². The van der Waals surface area contributed by atoms with E-state index >= 15 is 0 Å². The number of imidazole rings is 1. The molecule has 8 nitrogen and oxygen atoms in total. The predicted molar refractivity (Wildman–Crippen MR) is 63.5 cm³/mol. The van der Waals surface area contributed by atoms with Crippen LogP contribution in [0.4, 0.5) is 5.95 Å². The van der Waals surface area contributed by atoms with Gasteiger partial charge < -0.3 is 26.1 Å². The Morgan fingerprint density at radius 2 is 2.28 bits per heavy atom. The summed E-state index contributed by atoms with van der Waals surface area (Å²) >= 11 is -0.472. The van der Waals surface area contributed by atoms with Crippen LogP contribution in [0, 0.1) is 10.1 Å². The number of aliphatic hydroxyl groups excluding tert-OH is 1. The summed E-state index contributed by atoms with van der Waals surface area (Å²) in [6.07, 6.45) is 1.99. The van der Waals surface area contributed by atoms with Gasteiger partial charge in [-0.25, -0.2) is 4.57 Å². The van der Waals surface area contributed by atoms with Crippen LogP contribution in [0.2, 0.25) is 0 Å². The van der Waals surface area contributed by atoms with Crippen molar-refractivity contribution in [2.24, 2.45) is 0 Å². The van der Waals surface area contributed by atoms with E-state index in [2.05, 4.69) is 4.98 Å². The van der Waals surface area contributed by atoms with Crippen molar-refractivity contribution in [1.82, 2.24) is 15.7 Å². The molecule has 0 bridgehead atoms. The van der Waals surface area contributed by atoms with Crippen LogP contribution in [0.3, 0.4) is 0 Å². The Balaban J connectivity index is 0. The molecule has 1 atom stereocenters. The molecule has 1 unspecified atom stereocenters. The van der Waals surface area contributed by atoms with Crippen LogP contribution in [-0.4, -0.2) is 39.4 Å². The van der Waals surface area contributed by atoms with E-state index in [1.807, 2.05) is 0 Å². The fourth-order valence-electron chi connectivity index (χ4n) is 1.09. The van der Waals surface area contributed by atoms with Crippen LogP contribution < -0.4 is 6.15 Å². The van der Waals surface area contributed by atoms with Crippen molar-refractivity contribution >= 4 is 24.8 Å². The maximum absolute atomic E-state index is 10.4. The van der Waals surface area contributed by atoms with Gasteiger partial charge in [0.05, 0.1) is 13.2 Å². The molecule has 1 heterocycles. The van der Waals surface area contributed by atoms with Crippen molar-refractivity contribution in [3.63, 3.8) is 0 Å². The Hall–Kier alpha value is -0.242. The first kappa shape index (κ1) is 20.1. The van der Waals surface area contributed by atoms with E-state index in [1.54, 1.807) is 0 Å². The summed E-state index contributed by atoms with van der Waals surface area (Å²) in [7, 11) is 11.2. The first-order chi connectivity index (χ1) is 8.06. The normalized spacial score (nSPS) is 11.1. The third-order valence-electron chi connectivity index (χ3n) is 1.62. The molecule has 0 aromatic carbocycles. The van der Waals surface area contributed by atoms with Crippen molar-refractivity contribution in [2.45, 2.75) is 12.6 Å². The maximum atomic E-state index is 10.4. The summed E-state index contributed by atoms with van der Waals surface area (Å²) in [5, 5.41) is 19.8. The molecule has 0 aliphatic heterocycles. The van der Waals surface area contributed by atoms with E-state index < -0.39 is 27.5 Å². The number of halogens is 2. The molecule has 11 heteroatoms. The van der Waals surface area contributed by atoms with Crippen LogP contribution in [0.1, 0.15) is 0 Å².